The molecular formula is C29H42N2O6. The molecule has 2 unspecified atom stereocenters. The fourth-order valence-electron chi connectivity index (χ4n) is 4.32. The molecule has 8 nitrogen and oxygen atoms in total. The normalized spacial score (nSPS) is 15.9. The minimum absolute atomic E-state index is 0.128. The van der Waals surface area contributed by atoms with Gasteiger partial charge in [0.05, 0.1) is 24.8 Å². The fraction of sp³-hybridized carbons (Fsp3) is 0.552. The van der Waals surface area contributed by atoms with Crippen molar-refractivity contribution in [2.45, 2.75) is 83.3 Å². The van der Waals surface area contributed by atoms with Crippen molar-refractivity contribution in [3.8, 4) is 5.75 Å². The van der Waals surface area contributed by atoms with Crippen LogP contribution in [-0.4, -0.2) is 60.6 Å². The number of rotatable bonds is 13. The van der Waals surface area contributed by atoms with E-state index in [4.69, 9.17) is 19.0 Å². The predicted octanol–water partition coefficient (Wildman–Crippen LogP) is 4.84. The summed E-state index contributed by atoms with van der Waals surface area (Å²) in [7, 11) is 1.58. The molecule has 1 amide bonds. The van der Waals surface area contributed by atoms with E-state index in [1.165, 1.54) is 0 Å². The number of nitrogens with one attached hydrogen (secondary N) is 1. The first-order chi connectivity index (χ1) is 17.7. The maximum Gasteiger partial charge on any atom is 0.407 e. The van der Waals surface area contributed by atoms with Crippen molar-refractivity contribution in [1.29, 1.82) is 0 Å². The summed E-state index contributed by atoms with van der Waals surface area (Å²) in [6, 6.07) is 17.0. The summed E-state index contributed by atoms with van der Waals surface area (Å²) >= 11 is 0. The third-order valence-electron chi connectivity index (χ3n) is 6.08. The zero-order chi connectivity index (χ0) is 26.7. The number of hydroxylamine groups is 2. The molecule has 0 saturated heterocycles. The molecule has 1 aliphatic carbocycles. The molecule has 37 heavy (non-hydrogen) atoms. The SMILES string of the molecule is COCOc1ccc(CN(CC(O)C(Cc2ccccc2)NC(=O)OC(C)(C)C)OC2CCCC2)cc1. The Hall–Kier alpha value is -2.65. The molecule has 2 atom stereocenters. The topological polar surface area (TPSA) is 89.5 Å². The van der Waals surface area contributed by atoms with Crippen LogP contribution in [0.4, 0.5) is 4.79 Å². The van der Waals surface area contributed by atoms with E-state index in [-0.39, 0.29) is 19.4 Å². The average molecular weight is 515 g/mol. The maximum absolute atomic E-state index is 12.6. The van der Waals surface area contributed by atoms with E-state index in [0.717, 1.165) is 42.6 Å². The molecule has 1 fully saturated rings. The number of ether oxygens (including phenoxy) is 3. The molecule has 0 aromatic heterocycles. The molecule has 1 saturated carbocycles. The number of amides is 1. The Bertz CT molecular complexity index is 926. The van der Waals surface area contributed by atoms with Gasteiger partial charge in [0.15, 0.2) is 6.79 Å². The zero-order valence-corrected chi connectivity index (χ0v) is 22.5. The molecule has 8 heteroatoms. The summed E-state index contributed by atoms with van der Waals surface area (Å²) in [6.07, 6.45) is 3.43. The third kappa shape index (κ3) is 10.7. The van der Waals surface area contributed by atoms with E-state index < -0.39 is 23.8 Å². The largest absolute Gasteiger partial charge is 0.468 e. The van der Waals surface area contributed by atoms with Crippen LogP contribution in [-0.2, 0) is 27.3 Å². The molecule has 204 valence electrons. The highest BCUT2D eigenvalue weighted by molar-refractivity contribution is 5.68. The molecule has 0 aliphatic heterocycles. The van der Waals surface area contributed by atoms with Crippen LogP contribution in [0.15, 0.2) is 54.6 Å². The number of methoxy groups -OCH3 is 1. The summed E-state index contributed by atoms with van der Waals surface area (Å²) in [5.41, 5.74) is 1.40. The van der Waals surface area contributed by atoms with Gasteiger partial charge in [0.25, 0.3) is 0 Å². The molecule has 2 aromatic carbocycles. The Balaban J connectivity index is 1.72. The van der Waals surface area contributed by atoms with Crippen molar-refractivity contribution in [3.05, 3.63) is 65.7 Å². The van der Waals surface area contributed by atoms with Gasteiger partial charge in [0.2, 0.25) is 0 Å². The van der Waals surface area contributed by atoms with Crippen molar-refractivity contribution in [1.82, 2.24) is 10.4 Å². The Morgan fingerprint density at radius 1 is 1.05 bits per heavy atom. The van der Waals surface area contributed by atoms with Crippen molar-refractivity contribution in [2.75, 3.05) is 20.4 Å². The van der Waals surface area contributed by atoms with Crippen LogP contribution < -0.4 is 10.1 Å². The van der Waals surface area contributed by atoms with Crippen LogP contribution in [0, 0.1) is 0 Å². The van der Waals surface area contributed by atoms with E-state index in [9.17, 15) is 9.90 Å². The van der Waals surface area contributed by atoms with Crippen LogP contribution in [0.3, 0.4) is 0 Å². The van der Waals surface area contributed by atoms with Crippen LogP contribution in [0.2, 0.25) is 0 Å². The second kappa shape index (κ2) is 14.3. The number of hydrogen-bond donors (Lipinski definition) is 2. The summed E-state index contributed by atoms with van der Waals surface area (Å²) in [5.74, 6) is 0.721. The Morgan fingerprint density at radius 2 is 1.73 bits per heavy atom. The fourth-order valence-corrected chi connectivity index (χ4v) is 4.32. The van der Waals surface area contributed by atoms with Crippen molar-refractivity contribution >= 4 is 6.09 Å². The molecule has 0 heterocycles. The summed E-state index contributed by atoms with van der Waals surface area (Å²) in [5, 5.41) is 16.1. The number of aliphatic hydroxyl groups excluding tert-OH is 1. The highest BCUT2D eigenvalue weighted by Crippen LogP contribution is 2.24. The van der Waals surface area contributed by atoms with Gasteiger partial charge in [-0.15, -0.1) is 0 Å². The van der Waals surface area contributed by atoms with Crippen LogP contribution in [0.1, 0.15) is 57.6 Å². The average Bonchev–Trinajstić information content (AvgIpc) is 3.35. The van der Waals surface area contributed by atoms with Gasteiger partial charge in [0.1, 0.15) is 11.4 Å². The van der Waals surface area contributed by atoms with E-state index in [1.54, 1.807) is 7.11 Å². The van der Waals surface area contributed by atoms with Gasteiger partial charge in [0, 0.05) is 13.7 Å². The Labute approximate surface area is 220 Å². The smallest absolute Gasteiger partial charge is 0.407 e. The van der Waals surface area contributed by atoms with Crippen molar-refractivity contribution in [2.24, 2.45) is 0 Å². The maximum atomic E-state index is 12.6. The minimum Gasteiger partial charge on any atom is -0.468 e. The van der Waals surface area contributed by atoms with E-state index in [1.807, 2.05) is 80.4 Å². The highest BCUT2D eigenvalue weighted by atomic mass is 16.7. The third-order valence-corrected chi connectivity index (χ3v) is 6.08. The quantitative estimate of drug-likeness (QED) is 0.292. The molecule has 2 aromatic rings. The Morgan fingerprint density at radius 3 is 2.35 bits per heavy atom. The van der Waals surface area contributed by atoms with E-state index in [2.05, 4.69) is 5.32 Å². The summed E-state index contributed by atoms with van der Waals surface area (Å²) in [6.45, 7) is 6.36. The standard InChI is InChI=1S/C29H42N2O6/c1-29(2,3)36-28(33)30-26(18-22-10-6-5-7-11-22)27(32)20-31(37-25-12-8-9-13-25)19-23-14-16-24(17-15-23)35-21-34-4/h5-7,10-11,14-17,25-27,32H,8-9,12-13,18-21H2,1-4H3,(H,30,33). The monoisotopic (exact) mass is 514 g/mol. The molecule has 3 rings (SSSR count). The molecular weight excluding hydrogens is 472 g/mol. The number of hydrogen-bond acceptors (Lipinski definition) is 7. The lowest BCUT2D eigenvalue weighted by atomic mass is 10.0. The van der Waals surface area contributed by atoms with Gasteiger partial charge in [-0.05, 0) is 63.3 Å². The first-order valence-electron chi connectivity index (χ1n) is 13.1. The van der Waals surface area contributed by atoms with Crippen LogP contribution in [0.5, 0.6) is 5.75 Å². The second-order valence-electron chi connectivity index (χ2n) is 10.5. The van der Waals surface area contributed by atoms with Crippen molar-refractivity contribution in [3.63, 3.8) is 0 Å². The van der Waals surface area contributed by atoms with Gasteiger partial charge in [-0.1, -0.05) is 55.3 Å². The van der Waals surface area contributed by atoms with Crippen LogP contribution >= 0.6 is 0 Å². The lowest BCUT2D eigenvalue weighted by Gasteiger charge is -2.32. The summed E-state index contributed by atoms with van der Waals surface area (Å²) in [4.78, 5) is 19.0. The first-order valence-corrected chi connectivity index (χ1v) is 13.1. The molecule has 0 radical (unpaired) electrons. The van der Waals surface area contributed by atoms with E-state index >= 15 is 0 Å². The predicted molar refractivity (Wildman–Crippen MR) is 142 cm³/mol. The number of nitrogens with zero attached hydrogens (tertiary/aromatic N) is 1. The lowest BCUT2D eigenvalue weighted by Crippen LogP contribution is -2.50. The molecule has 0 bridgehead atoms. The summed E-state index contributed by atoms with van der Waals surface area (Å²) < 4.78 is 15.9. The number of carbonyl (C=O) groups is 1. The molecule has 1 aliphatic rings. The van der Waals surface area contributed by atoms with E-state index in [0.29, 0.717) is 13.0 Å². The van der Waals surface area contributed by atoms with Gasteiger partial charge >= 0.3 is 6.09 Å². The zero-order valence-electron chi connectivity index (χ0n) is 22.5. The molecule has 2 N–H and O–H groups in total. The number of alkyl carbamates (subject to hydrolysis) is 1. The number of carbonyl (C=O) groups excluding carboxylic acids is 1. The number of benzene rings is 2. The minimum atomic E-state index is -0.890. The Kier molecular flexibility index (Phi) is 11.2. The number of aliphatic hydroxyl groups is 1. The van der Waals surface area contributed by atoms with Crippen LogP contribution in [0.25, 0.3) is 0 Å². The molecule has 0 spiro atoms. The van der Waals surface area contributed by atoms with Gasteiger partial charge in [-0.25, -0.2) is 4.79 Å². The first kappa shape index (κ1) is 28.9. The highest BCUT2D eigenvalue weighted by Gasteiger charge is 2.28. The van der Waals surface area contributed by atoms with Crippen molar-refractivity contribution < 1.29 is 28.9 Å². The van der Waals surface area contributed by atoms with Gasteiger partial charge < -0.3 is 24.6 Å². The lowest BCUT2D eigenvalue weighted by molar-refractivity contribution is -0.214. The van der Waals surface area contributed by atoms with Gasteiger partial charge in [-0.2, -0.15) is 5.06 Å². The van der Waals surface area contributed by atoms with Gasteiger partial charge in [-0.3, -0.25) is 4.84 Å². The second-order valence-corrected chi connectivity index (χ2v) is 10.5.